The second-order valence-corrected chi connectivity index (χ2v) is 4.33. The van der Waals surface area contributed by atoms with E-state index in [4.69, 9.17) is 5.73 Å². The van der Waals surface area contributed by atoms with Crippen molar-refractivity contribution in [3.8, 4) is 5.95 Å². The first kappa shape index (κ1) is 11.2. The zero-order valence-corrected chi connectivity index (χ0v) is 10.5. The van der Waals surface area contributed by atoms with Crippen molar-refractivity contribution < 1.29 is 0 Å². The number of rotatable bonds is 2. The Morgan fingerprint density at radius 2 is 2.00 bits per heavy atom. The molecule has 0 saturated carbocycles. The Bertz CT molecular complexity index is 489. The van der Waals surface area contributed by atoms with Crippen LogP contribution in [0.4, 0.5) is 0 Å². The van der Waals surface area contributed by atoms with E-state index in [2.05, 4.69) is 36.0 Å². The van der Waals surface area contributed by atoms with Crippen molar-refractivity contribution in [1.29, 1.82) is 0 Å². The quantitative estimate of drug-likeness (QED) is 0.893. The van der Waals surface area contributed by atoms with Gasteiger partial charge in [0, 0.05) is 12.4 Å². The van der Waals surface area contributed by atoms with Crippen LogP contribution in [0.1, 0.15) is 24.6 Å². The van der Waals surface area contributed by atoms with Crippen LogP contribution in [0.3, 0.4) is 0 Å². The summed E-state index contributed by atoms with van der Waals surface area (Å²) >= 11 is 3.28. The van der Waals surface area contributed by atoms with Gasteiger partial charge in [-0.3, -0.25) is 0 Å². The number of aromatic nitrogens is 5. The van der Waals surface area contributed by atoms with E-state index in [0.717, 1.165) is 4.47 Å². The maximum atomic E-state index is 5.81. The molecule has 0 bridgehead atoms. The fourth-order valence-corrected chi connectivity index (χ4v) is 1.49. The van der Waals surface area contributed by atoms with E-state index in [-0.39, 0.29) is 6.04 Å². The molecule has 2 rings (SSSR count). The van der Waals surface area contributed by atoms with Crippen molar-refractivity contribution in [1.82, 2.24) is 24.7 Å². The Hall–Kier alpha value is -1.34. The summed E-state index contributed by atoms with van der Waals surface area (Å²) < 4.78 is 2.38. The summed E-state index contributed by atoms with van der Waals surface area (Å²) in [6.07, 6.45) is 3.31. The van der Waals surface area contributed by atoms with Crippen LogP contribution in [0, 0.1) is 6.92 Å². The highest BCUT2D eigenvalue weighted by Crippen LogP contribution is 2.12. The summed E-state index contributed by atoms with van der Waals surface area (Å²) in [6, 6.07) is -0.214. The molecule has 0 fully saturated rings. The van der Waals surface area contributed by atoms with Gasteiger partial charge in [0.1, 0.15) is 5.82 Å². The first-order valence-electron chi connectivity index (χ1n) is 4.75. The molecular weight excluding hydrogens is 272 g/mol. The molecule has 2 aromatic heterocycles. The lowest BCUT2D eigenvalue weighted by Gasteiger charge is -2.05. The molecule has 6 nitrogen and oxygen atoms in total. The molecule has 0 unspecified atom stereocenters. The topological polar surface area (TPSA) is 82.5 Å². The molecule has 7 heteroatoms. The second-order valence-electron chi connectivity index (χ2n) is 3.42. The fraction of sp³-hybridized carbons (Fsp3) is 0.333. The summed E-state index contributed by atoms with van der Waals surface area (Å²) in [5.41, 5.74) is 5.81. The van der Waals surface area contributed by atoms with E-state index in [0.29, 0.717) is 17.6 Å². The first-order valence-corrected chi connectivity index (χ1v) is 5.54. The molecular formula is C9H11BrN6. The summed E-state index contributed by atoms with van der Waals surface area (Å²) in [6.45, 7) is 3.65. The third kappa shape index (κ3) is 2.10. The first-order chi connectivity index (χ1) is 7.58. The normalized spacial score (nSPS) is 12.8. The molecule has 0 saturated heterocycles. The molecule has 2 heterocycles. The number of aryl methyl sites for hydroxylation is 1. The van der Waals surface area contributed by atoms with Gasteiger partial charge in [0.25, 0.3) is 5.95 Å². The highest BCUT2D eigenvalue weighted by Gasteiger charge is 2.14. The molecule has 2 aromatic rings. The van der Waals surface area contributed by atoms with Gasteiger partial charge < -0.3 is 5.73 Å². The Morgan fingerprint density at radius 3 is 2.56 bits per heavy atom. The average Bonchev–Trinajstić information content (AvgIpc) is 2.61. The molecule has 0 amide bonds. The Morgan fingerprint density at radius 1 is 1.38 bits per heavy atom. The van der Waals surface area contributed by atoms with Crippen LogP contribution in [-0.4, -0.2) is 24.7 Å². The van der Waals surface area contributed by atoms with Gasteiger partial charge in [-0.05, 0) is 29.8 Å². The maximum Gasteiger partial charge on any atom is 0.252 e. The van der Waals surface area contributed by atoms with E-state index in [9.17, 15) is 0 Å². The summed E-state index contributed by atoms with van der Waals surface area (Å²) in [5, 5.41) is 4.22. The number of nitrogens with zero attached hydrogens (tertiary/aromatic N) is 5. The van der Waals surface area contributed by atoms with Crippen molar-refractivity contribution in [3.63, 3.8) is 0 Å². The van der Waals surface area contributed by atoms with Crippen LogP contribution >= 0.6 is 15.9 Å². The van der Waals surface area contributed by atoms with Crippen LogP contribution < -0.4 is 5.73 Å². The highest BCUT2D eigenvalue weighted by atomic mass is 79.9. The van der Waals surface area contributed by atoms with Crippen molar-refractivity contribution >= 4 is 15.9 Å². The Kier molecular flexibility index (Phi) is 2.97. The molecule has 0 aliphatic carbocycles. The minimum atomic E-state index is -0.214. The fourth-order valence-electron chi connectivity index (χ4n) is 1.29. The third-order valence-electron chi connectivity index (χ3n) is 1.94. The molecule has 84 valence electrons. The second kappa shape index (κ2) is 4.26. The minimum Gasteiger partial charge on any atom is -0.322 e. The zero-order valence-electron chi connectivity index (χ0n) is 8.92. The standard InChI is InChI=1S/C9H11BrN6/c1-5(11)8-14-6(2)15-16(8)9-12-3-7(10)4-13-9/h3-5H,11H2,1-2H3/t5-/m0/s1. The van der Waals surface area contributed by atoms with Crippen LogP contribution in [0.25, 0.3) is 5.95 Å². The third-order valence-corrected chi connectivity index (χ3v) is 2.35. The van der Waals surface area contributed by atoms with Gasteiger partial charge in [-0.25, -0.2) is 15.0 Å². The maximum absolute atomic E-state index is 5.81. The minimum absolute atomic E-state index is 0.214. The molecule has 16 heavy (non-hydrogen) atoms. The van der Waals surface area contributed by atoms with Gasteiger partial charge in [-0.2, -0.15) is 4.68 Å². The highest BCUT2D eigenvalue weighted by molar-refractivity contribution is 9.10. The van der Waals surface area contributed by atoms with Crippen LogP contribution in [0.2, 0.25) is 0 Å². The number of hydrogen-bond acceptors (Lipinski definition) is 5. The van der Waals surface area contributed by atoms with Gasteiger partial charge >= 0.3 is 0 Å². The molecule has 0 spiro atoms. The number of halogens is 1. The Labute approximate surface area is 101 Å². The lowest BCUT2D eigenvalue weighted by atomic mass is 10.3. The van der Waals surface area contributed by atoms with Gasteiger partial charge in [0.2, 0.25) is 0 Å². The SMILES string of the molecule is Cc1nc([C@H](C)N)n(-c2ncc(Br)cn2)n1. The lowest BCUT2D eigenvalue weighted by Crippen LogP contribution is -2.15. The van der Waals surface area contributed by atoms with Crippen LogP contribution in [-0.2, 0) is 0 Å². The van der Waals surface area contributed by atoms with Crippen molar-refractivity contribution in [3.05, 3.63) is 28.5 Å². The van der Waals surface area contributed by atoms with Gasteiger partial charge in [-0.15, -0.1) is 5.10 Å². The zero-order chi connectivity index (χ0) is 11.7. The van der Waals surface area contributed by atoms with E-state index >= 15 is 0 Å². The molecule has 0 aromatic carbocycles. The number of nitrogens with two attached hydrogens (primary N) is 1. The van der Waals surface area contributed by atoms with E-state index in [1.165, 1.54) is 0 Å². The van der Waals surface area contributed by atoms with Crippen molar-refractivity contribution in [2.75, 3.05) is 0 Å². The molecule has 0 aliphatic heterocycles. The molecule has 0 radical (unpaired) electrons. The van der Waals surface area contributed by atoms with Crippen LogP contribution in [0.15, 0.2) is 16.9 Å². The monoisotopic (exact) mass is 282 g/mol. The average molecular weight is 283 g/mol. The van der Waals surface area contributed by atoms with Gasteiger partial charge in [-0.1, -0.05) is 0 Å². The Balaban J connectivity index is 2.50. The van der Waals surface area contributed by atoms with Crippen LogP contribution in [0.5, 0.6) is 0 Å². The van der Waals surface area contributed by atoms with E-state index < -0.39 is 0 Å². The summed E-state index contributed by atoms with van der Waals surface area (Å²) in [7, 11) is 0. The predicted molar refractivity (Wildman–Crippen MR) is 62.0 cm³/mol. The van der Waals surface area contributed by atoms with E-state index in [1.807, 2.05) is 6.92 Å². The molecule has 2 N–H and O–H groups in total. The van der Waals surface area contributed by atoms with Crippen molar-refractivity contribution in [2.24, 2.45) is 5.73 Å². The number of hydrogen-bond donors (Lipinski definition) is 1. The smallest absolute Gasteiger partial charge is 0.252 e. The van der Waals surface area contributed by atoms with Gasteiger partial charge in [0.15, 0.2) is 5.82 Å². The van der Waals surface area contributed by atoms with Gasteiger partial charge in [0.05, 0.1) is 10.5 Å². The molecule has 0 aliphatic rings. The van der Waals surface area contributed by atoms with Crippen molar-refractivity contribution in [2.45, 2.75) is 19.9 Å². The molecule has 1 atom stereocenters. The lowest BCUT2D eigenvalue weighted by molar-refractivity contribution is 0.668. The summed E-state index contributed by atoms with van der Waals surface area (Å²) in [4.78, 5) is 12.5. The summed E-state index contributed by atoms with van der Waals surface area (Å²) in [5.74, 6) is 1.77. The van der Waals surface area contributed by atoms with E-state index in [1.54, 1.807) is 24.0 Å². The largest absolute Gasteiger partial charge is 0.322 e. The predicted octanol–water partition coefficient (Wildman–Crippen LogP) is 1.15.